The van der Waals surface area contributed by atoms with Crippen LogP contribution in [0.25, 0.3) is 0 Å². The topological polar surface area (TPSA) is 78.9 Å². The smallest absolute Gasteiger partial charge is 0.329 e. The maximum absolute atomic E-state index is 12.2. The zero-order valence-corrected chi connectivity index (χ0v) is 11.9. The minimum Gasteiger partial charge on any atom is -0.480 e. The summed E-state index contributed by atoms with van der Waals surface area (Å²) in [6, 6.07) is -0.276. The lowest BCUT2D eigenvalue weighted by Crippen LogP contribution is -2.56. The molecule has 112 valence electrons. The molecule has 0 aromatic rings. The largest absolute Gasteiger partial charge is 0.480 e. The minimum atomic E-state index is -1.06. The van der Waals surface area contributed by atoms with Gasteiger partial charge in [-0.3, -0.25) is 0 Å². The highest BCUT2D eigenvalue weighted by atomic mass is 16.5. The van der Waals surface area contributed by atoms with Crippen molar-refractivity contribution in [1.29, 1.82) is 0 Å². The molecular formula is C14H22N2O4. The predicted octanol–water partition coefficient (Wildman–Crippen LogP) is 1.37. The van der Waals surface area contributed by atoms with Gasteiger partial charge in [0.25, 0.3) is 0 Å². The zero-order chi connectivity index (χ0) is 14.6. The van der Waals surface area contributed by atoms with E-state index in [1.165, 1.54) is 5.57 Å². The number of methoxy groups -OCH3 is 1. The Labute approximate surface area is 118 Å². The van der Waals surface area contributed by atoms with E-state index in [2.05, 4.69) is 5.32 Å². The second kappa shape index (κ2) is 6.26. The zero-order valence-electron chi connectivity index (χ0n) is 11.9. The van der Waals surface area contributed by atoms with Crippen molar-refractivity contribution in [3.05, 3.63) is 11.6 Å². The molecule has 2 amide bonds. The third-order valence-electron chi connectivity index (χ3n) is 4.13. The van der Waals surface area contributed by atoms with Crippen molar-refractivity contribution in [3.63, 3.8) is 0 Å². The first-order valence-corrected chi connectivity index (χ1v) is 7.05. The van der Waals surface area contributed by atoms with Gasteiger partial charge < -0.3 is 20.1 Å². The lowest BCUT2D eigenvalue weighted by Gasteiger charge is -2.32. The SMILES string of the molecule is COCC1=CCN(C(=O)NC2(C(=O)O)CCCC2)CC1. The number of amides is 2. The summed E-state index contributed by atoms with van der Waals surface area (Å²) in [4.78, 5) is 25.3. The van der Waals surface area contributed by atoms with Gasteiger partial charge in [-0.05, 0) is 24.8 Å². The Morgan fingerprint density at radius 1 is 1.45 bits per heavy atom. The normalized spacial score (nSPS) is 21.4. The van der Waals surface area contributed by atoms with E-state index in [4.69, 9.17) is 4.74 Å². The summed E-state index contributed by atoms with van der Waals surface area (Å²) in [5.41, 5.74) is 0.124. The van der Waals surface area contributed by atoms with Crippen LogP contribution in [-0.4, -0.2) is 54.4 Å². The van der Waals surface area contributed by atoms with Gasteiger partial charge in [0.1, 0.15) is 5.54 Å². The minimum absolute atomic E-state index is 0.276. The molecule has 1 fully saturated rings. The molecular weight excluding hydrogens is 260 g/mol. The first-order valence-electron chi connectivity index (χ1n) is 7.05. The van der Waals surface area contributed by atoms with Crippen molar-refractivity contribution in [2.24, 2.45) is 0 Å². The van der Waals surface area contributed by atoms with Crippen molar-refractivity contribution in [2.45, 2.75) is 37.6 Å². The molecule has 0 unspecified atom stereocenters. The Bertz CT molecular complexity index is 413. The van der Waals surface area contributed by atoms with Crippen molar-refractivity contribution >= 4 is 12.0 Å². The fraction of sp³-hybridized carbons (Fsp3) is 0.714. The average molecular weight is 282 g/mol. The maximum Gasteiger partial charge on any atom is 0.329 e. The van der Waals surface area contributed by atoms with Gasteiger partial charge in [0, 0.05) is 20.2 Å². The molecule has 0 atom stereocenters. The number of ether oxygens (including phenoxy) is 1. The molecule has 2 rings (SSSR count). The molecule has 1 heterocycles. The van der Waals surface area contributed by atoms with Gasteiger partial charge >= 0.3 is 12.0 Å². The molecule has 6 nitrogen and oxygen atoms in total. The molecule has 2 aliphatic rings. The number of nitrogens with one attached hydrogen (secondary N) is 1. The molecule has 0 bridgehead atoms. The number of hydrogen-bond donors (Lipinski definition) is 2. The van der Waals surface area contributed by atoms with Gasteiger partial charge in [0.05, 0.1) is 6.61 Å². The summed E-state index contributed by atoms with van der Waals surface area (Å²) in [6.07, 6.45) is 5.50. The van der Waals surface area contributed by atoms with E-state index in [-0.39, 0.29) is 6.03 Å². The summed E-state index contributed by atoms with van der Waals surface area (Å²) in [6.45, 7) is 1.71. The van der Waals surface area contributed by atoms with Crippen LogP contribution in [0.4, 0.5) is 4.79 Å². The van der Waals surface area contributed by atoms with Gasteiger partial charge in [-0.2, -0.15) is 0 Å². The van der Waals surface area contributed by atoms with Gasteiger partial charge in [0.15, 0.2) is 0 Å². The summed E-state index contributed by atoms with van der Waals surface area (Å²) in [5.74, 6) is -0.920. The number of nitrogens with zero attached hydrogens (tertiary/aromatic N) is 1. The number of hydrogen-bond acceptors (Lipinski definition) is 3. The number of carbonyl (C=O) groups excluding carboxylic acids is 1. The van der Waals surface area contributed by atoms with Crippen molar-refractivity contribution in [3.8, 4) is 0 Å². The van der Waals surface area contributed by atoms with E-state index in [0.717, 1.165) is 19.3 Å². The Balaban J connectivity index is 1.94. The second-order valence-corrected chi connectivity index (χ2v) is 5.52. The quantitative estimate of drug-likeness (QED) is 0.763. The van der Waals surface area contributed by atoms with E-state index in [9.17, 15) is 14.7 Å². The maximum atomic E-state index is 12.2. The molecule has 1 aliphatic carbocycles. The van der Waals surface area contributed by atoms with Crippen LogP contribution < -0.4 is 5.32 Å². The molecule has 2 N–H and O–H groups in total. The van der Waals surface area contributed by atoms with Gasteiger partial charge in [-0.25, -0.2) is 9.59 Å². The van der Waals surface area contributed by atoms with E-state index < -0.39 is 11.5 Å². The van der Waals surface area contributed by atoms with Crippen LogP contribution in [0, 0.1) is 0 Å². The summed E-state index contributed by atoms with van der Waals surface area (Å²) in [7, 11) is 1.65. The van der Waals surface area contributed by atoms with E-state index in [0.29, 0.717) is 32.5 Å². The summed E-state index contributed by atoms with van der Waals surface area (Å²) in [5, 5.41) is 12.1. The van der Waals surface area contributed by atoms with Crippen molar-refractivity contribution in [1.82, 2.24) is 10.2 Å². The van der Waals surface area contributed by atoms with Crippen LogP contribution >= 0.6 is 0 Å². The van der Waals surface area contributed by atoms with Gasteiger partial charge in [-0.15, -0.1) is 0 Å². The van der Waals surface area contributed by atoms with Crippen molar-refractivity contribution < 1.29 is 19.4 Å². The highest BCUT2D eigenvalue weighted by molar-refractivity contribution is 5.86. The van der Waals surface area contributed by atoms with Crippen LogP contribution in [0.2, 0.25) is 0 Å². The summed E-state index contributed by atoms with van der Waals surface area (Å²) >= 11 is 0. The Morgan fingerprint density at radius 2 is 2.15 bits per heavy atom. The standard InChI is InChI=1S/C14H22N2O4/c1-20-10-11-4-8-16(9-5-11)13(19)15-14(12(17)18)6-2-3-7-14/h4H,2-3,5-10H2,1H3,(H,15,19)(H,17,18). The number of carboxylic acid groups (broad SMARTS) is 1. The van der Waals surface area contributed by atoms with Crippen molar-refractivity contribution in [2.75, 3.05) is 26.8 Å². The first kappa shape index (κ1) is 14.8. The predicted molar refractivity (Wildman–Crippen MR) is 73.5 cm³/mol. The highest BCUT2D eigenvalue weighted by Gasteiger charge is 2.43. The van der Waals surface area contributed by atoms with Crippen LogP contribution in [0.5, 0.6) is 0 Å². The molecule has 0 aromatic carbocycles. The highest BCUT2D eigenvalue weighted by Crippen LogP contribution is 2.30. The molecule has 6 heteroatoms. The van der Waals surface area contributed by atoms with E-state index in [1.54, 1.807) is 12.0 Å². The van der Waals surface area contributed by atoms with Crippen LogP contribution in [-0.2, 0) is 9.53 Å². The lowest BCUT2D eigenvalue weighted by molar-refractivity contribution is -0.144. The van der Waals surface area contributed by atoms with Crippen LogP contribution in [0.3, 0.4) is 0 Å². The fourth-order valence-electron chi connectivity index (χ4n) is 2.87. The number of carboxylic acids is 1. The summed E-state index contributed by atoms with van der Waals surface area (Å²) < 4.78 is 5.07. The molecule has 0 spiro atoms. The third-order valence-corrected chi connectivity index (χ3v) is 4.13. The third kappa shape index (κ3) is 3.12. The Morgan fingerprint density at radius 3 is 2.65 bits per heavy atom. The van der Waals surface area contributed by atoms with Crippen LogP contribution in [0.15, 0.2) is 11.6 Å². The van der Waals surface area contributed by atoms with Crippen LogP contribution in [0.1, 0.15) is 32.1 Å². The van der Waals surface area contributed by atoms with Gasteiger partial charge in [-0.1, -0.05) is 18.9 Å². The fourth-order valence-corrected chi connectivity index (χ4v) is 2.87. The lowest BCUT2D eigenvalue weighted by atomic mass is 9.98. The number of carbonyl (C=O) groups is 2. The second-order valence-electron chi connectivity index (χ2n) is 5.52. The number of rotatable bonds is 4. The molecule has 0 aromatic heterocycles. The average Bonchev–Trinajstić information content (AvgIpc) is 2.90. The Hall–Kier alpha value is -1.56. The molecule has 0 radical (unpaired) electrons. The van der Waals surface area contributed by atoms with E-state index in [1.807, 2.05) is 6.08 Å². The molecule has 20 heavy (non-hydrogen) atoms. The molecule has 1 saturated carbocycles. The van der Waals surface area contributed by atoms with Gasteiger partial charge in [0.2, 0.25) is 0 Å². The monoisotopic (exact) mass is 282 g/mol. The van der Waals surface area contributed by atoms with E-state index >= 15 is 0 Å². The molecule has 0 saturated heterocycles. The molecule has 1 aliphatic heterocycles. The number of aliphatic carboxylic acids is 1. The first-order chi connectivity index (χ1) is 9.57. The number of urea groups is 1. The Kier molecular flexibility index (Phi) is 4.65.